The van der Waals surface area contributed by atoms with E-state index in [2.05, 4.69) is 43.5 Å². The minimum atomic E-state index is 0.140. The molecule has 2 N–H and O–H groups in total. The fourth-order valence-electron chi connectivity index (χ4n) is 1.88. The van der Waals surface area contributed by atoms with Gasteiger partial charge in [-0.2, -0.15) is 0 Å². The van der Waals surface area contributed by atoms with E-state index in [0.717, 1.165) is 30.3 Å². The van der Waals surface area contributed by atoms with E-state index in [1.807, 2.05) is 7.05 Å². The van der Waals surface area contributed by atoms with Crippen LogP contribution in [0.5, 0.6) is 5.75 Å². The summed E-state index contributed by atoms with van der Waals surface area (Å²) < 4.78 is 5.70. The summed E-state index contributed by atoms with van der Waals surface area (Å²) in [6.07, 6.45) is 0. The molecule has 0 aliphatic carbocycles. The van der Waals surface area contributed by atoms with Crippen molar-refractivity contribution >= 4 is 11.4 Å². The van der Waals surface area contributed by atoms with Crippen LogP contribution in [0.15, 0.2) is 12.1 Å². The Bertz CT molecular complexity index is 376. The standard InChI is InChI=1S/C13H20N2O/c1-13(2,3)9-7-10(14-4)12-11(8-9)16-6-5-15-12/h7-8,14-15H,5-6H2,1-4H3. The largest absolute Gasteiger partial charge is 0.489 e. The molecule has 0 unspecified atom stereocenters. The normalized spacial score (nSPS) is 14.8. The highest BCUT2D eigenvalue weighted by molar-refractivity contribution is 5.77. The van der Waals surface area contributed by atoms with E-state index in [1.54, 1.807) is 0 Å². The molecule has 88 valence electrons. The molecule has 0 saturated heterocycles. The first-order valence-electron chi connectivity index (χ1n) is 5.75. The molecular weight excluding hydrogens is 200 g/mol. The van der Waals surface area contributed by atoms with Crippen molar-refractivity contribution in [1.82, 2.24) is 0 Å². The summed E-state index contributed by atoms with van der Waals surface area (Å²) in [6.45, 7) is 8.25. The molecule has 0 fully saturated rings. The number of fused-ring (bicyclic) bond motifs is 1. The molecule has 0 amide bonds. The van der Waals surface area contributed by atoms with Crippen molar-refractivity contribution in [2.45, 2.75) is 26.2 Å². The monoisotopic (exact) mass is 220 g/mol. The minimum Gasteiger partial charge on any atom is -0.489 e. The van der Waals surface area contributed by atoms with Crippen LogP contribution in [-0.4, -0.2) is 20.2 Å². The molecule has 1 aromatic rings. The van der Waals surface area contributed by atoms with Gasteiger partial charge in [-0.1, -0.05) is 20.8 Å². The van der Waals surface area contributed by atoms with Gasteiger partial charge < -0.3 is 15.4 Å². The zero-order chi connectivity index (χ0) is 11.8. The van der Waals surface area contributed by atoms with Crippen molar-refractivity contribution in [2.75, 3.05) is 30.8 Å². The minimum absolute atomic E-state index is 0.140. The van der Waals surface area contributed by atoms with Gasteiger partial charge in [-0.25, -0.2) is 0 Å². The summed E-state index contributed by atoms with van der Waals surface area (Å²) in [6, 6.07) is 4.34. The fraction of sp³-hybridized carbons (Fsp3) is 0.538. The first-order chi connectivity index (χ1) is 7.52. The summed E-state index contributed by atoms with van der Waals surface area (Å²) in [5.74, 6) is 0.961. The number of hydrogen-bond donors (Lipinski definition) is 2. The van der Waals surface area contributed by atoms with Crippen LogP contribution in [0.4, 0.5) is 11.4 Å². The highest BCUT2D eigenvalue weighted by Crippen LogP contribution is 2.39. The Balaban J connectivity index is 2.52. The van der Waals surface area contributed by atoms with Crippen LogP contribution < -0.4 is 15.4 Å². The summed E-state index contributed by atoms with van der Waals surface area (Å²) >= 11 is 0. The maximum absolute atomic E-state index is 5.70. The third-order valence-corrected chi connectivity index (χ3v) is 2.90. The van der Waals surface area contributed by atoms with Crippen LogP contribution in [-0.2, 0) is 5.41 Å². The van der Waals surface area contributed by atoms with Crippen LogP contribution in [0.1, 0.15) is 26.3 Å². The van der Waals surface area contributed by atoms with Gasteiger partial charge in [-0.3, -0.25) is 0 Å². The van der Waals surface area contributed by atoms with Crippen LogP contribution in [0, 0.1) is 0 Å². The molecule has 1 aliphatic heterocycles. The molecule has 3 nitrogen and oxygen atoms in total. The van der Waals surface area contributed by atoms with Crippen molar-refractivity contribution < 1.29 is 4.74 Å². The van der Waals surface area contributed by atoms with Crippen molar-refractivity contribution in [3.05, 3.63) is 17.7 Å². The zero-order valence-electron chi connectivity index (χ0n) is 10.5. The SMILES string of the molecule is CNc1cc(C(C)(C)C)cc2c1NCCO2. The van der Waals surface area contributed by atoms with Crippen LogP contribution in [0.3, 0.4) is 0 Å². The van der Waals surface area contributed by atoms with Gasteiger partial charge in [0.25, 0.3) is 0 Å². The molecule has 0 radical (unpaired) electrons. The predicted octanol–water partition coefficient (Wildman–Crippen LogP) is 2.83. The van der Waals surface area contributed by atoms with E-state index in [-0.39, 0.29) is 5.41 Å². The van der Waals surface area contributed by atoms with E-state index in [0.29, 0.717) is 0 Å². The highest BCUT2D eigenvalue weighted by Gasteiger charge is 2.20. The Labute approximate surface area is 97.2 Å². The van der Waals surface area contributed by atoms with Gasteiger partial charge in [0.05, 0.1) is 5.69 Å². The van der Waals surface area contributed by atoms with Gasteiger partial charge in [0.1, 0.15) is 18.0 Å². The van der Waals surface area contributed by atoms with Crippen LogP contribution in [0.25, 0.3) is 0 Å². The summed E-state index contributed by atoms with van der Waals surface area (Å²) in [7, 11) is 1.94. The second-order valence-corrected chi connectivity index (χ2v) is 5.17. The Kier molecular flexibility index (Phi) is 2.70. The molecule has 16 heavy (non-hydrogen) atoms. The first-order valence-corrected chi connectivity index (χ1v) is 5.75. The summed E-state index contributed by atoms with van der Waals surface area (Å²) in [4.78, 5) is 0. The second kappa shape index (κ2) is 3.89. The number of nitrogens with one attached hydrogen (secondary N) is 2. The van der Waals surface area contributed by atoms with Gasteiger partial charge in [-0.05, 0) is 23.1 Å². The lowest BCUT2D eigenvalue weighted by molar-refractivity contribution is 0.322. The molecule has 1 aromatic carbocycles. The quantitative estimate of drug-likeness (QED) is 0.763. The van der Waals surface area contributed by atoms with Crippen LogP contribution >= 0.6 is 0 Å². The molecule has 0 spiro atoms. The van der Waals surface area contributed by atoms with Gasteiger partial charge in [0.2, 0.25) is 0 Å². The van der Waals surface area contributed by atoms with E-state index in [9.17, 15) is 0 Å². The van der Waals surface area contributed by atoms with Gasteiger partial charge in [0.15, 0.2) is 0 Å². The lowest BCUT2D eigenvalue weighted by Gasteiger charge is -2.26. The number of benzene rings is 1. The van der Waals surface area contributed by atoms with Crippen molar-refractivity contribution in [2.24, 2.45) is 0 Å². The third kappa shape index (κ3) is 1.94. The topological polar surface area (TPSA) is 33.3 Å². The number of hydrogen-bond acceptors (Lipinski definition) is 3. The maximum atomic E-state index is 5.70. The van der Waals surface area contributed by atoms with E-state index < -0.39 is 0 Å². The highest BCUT2D eigenvalue weighted by atomic mass is 16.5. The Morgan fingerprint density at radius 3 is 2.69 bits per heavy atom. The predicted molar refractivity (Wildman–Crippen MR) is 68.7 cm³/mol. The maximum Gasteiger partial charge on any atom is 0.144 e. The van der Waals surface area contributed by atoms with E-state index >= 15 is 0 Å². The summed E-state index contributed by atoms with van der Waals surface area (Å²) in [5, 5.41) is 6.60. The van der Waals surface area contributed by atoms with Gasteiger partial charge >= 0.3 is 0 Å². The molecule has 0 bridgehead atoms. The zero-order valence-corrected chi connectivity index (χ0v) is 10.5. The molecule has 1 heterocycles. The van der Waals surface area contributed by atoms with Crippen LogP contribution in [0.2, 0.25) is 0 Å². The lowest BCUT2D eigenvalue weighted by Crippen LogP contribution is -2.21. The molecule has 0 atom stereocenters. The molecule has 0 saturated carbocycles. The third-order valence-electron chi connectivity index (χ3n) is 2.90. The Morgan fingerprint density at radius 1 is 1.31 bits per heavy atom. The van der Waals surface area contributed by atoms with Crippen molar-refractivity contribution in [3.63, 3.8) is 0 Å². The van der Waals surface area contributed by atoms with Crippen molar-refractivity contribution in [1.29, 1.82) is 0 Å². The fourth-order valence-corrected chi connectivity index (χ4v) is 1.88. The molecule has 3 heteroatoms. The number of ether oxygens (including phenoxy) is 1. The van der Waals surface area contributed by atoms with E-state index in [1.165, 1.54) is 5.56 Å². The lowest BCUT2D eigenvalue weighted by atomic mass is 9.86. The first kappa shape index (κ1) is 11.1. The van der Waals surface area contributed by atoms with E-state index in [4.69, 9.17) is 4.74 Å². The number of rotatable bonds is 1. The molecule has 1 aliphatic rings. The van der Waals surface area contributed by atoms with Crippen molar-refractivity contribution in [3.8, 4) is 5.75 Å². The molecule has 0 aromatic heterocycles. The average molecular weight is 220 g/mol. The molecule has 2 rings (SSSR count). The number of anilines is 2. The Morgan fingerprint density at radius 2 is 2.06 bits per heavy atom. The van der Waals surface area contributed by atoms with Gasteiger partial charge in [0, 0.05) is 13.6 Å². The smallest absolute Gasteiger partial charge is 0.144 e. The Hall–Kier alpha value is -1.38. The molecular formula is C13H20N2O. The second-order valence-electron chi connectivity index (χ2n) is 5.17. The van der Waals surface area contributed by atoms with Gasteiger partial charge in [-0.15, -0.1) is 0 Å². The summed E-state index contributed by atoms with van der Waals surface area (Å²) in [5.41, 5.74) is 3.63. The average Bonchev–Trinajstić information content (AvgIpc) is 2.26.